The lowest BCUT2D eigenvalue weighted by molar-refractivity contribution is 0.102. The number of anilines is 1. The van der Waals surface area contributed by atoms with Gasteiger partial charge in [0.15, 0.2) is 0 Å². The van der Waals surface area contributed by atoms with Crippen LogP contribution in [0.4, 0.5) is 14.9 Å². The van der Waals surface area contributed by atoms with E-state index in [-0.39, 0.29) is 11.7 Å². The maximum atomic E-state index is 13.3. The number of nitrogens with one attached hydrogen (secondary N) is 1. The third-order valence-corrected chi connectivity index (χ3v) is 4.13. The number of hydrogen-bond donors (Lipinski definition) is 2. The van der Waals surface area contributed by atoms with Crippen LogP contribution in [-0.2, 0) is 11.2 Å². The molecule has 3 rings (SSSR count). The number of rotatable bonds is 3. The summed E-state index contributed by atoms with van der Waals surface area (Å²) in [4.78, 5) is 23.5. The first-order valence-corrected chi connectivity index (χ1v) is 7.61. The van der Waals surface area contributed by atoms with E-state index in [0.29, 0.717) is 29.7 Å². The molecule has 6 heteroatoms. The molecule has 24 heavy (non-hydrogen) atoms. The van der Waals surface area contributed by atoms with Crippen LogP contribution in [-0.4, -0.2) is 12.0 Å². The number of nitrogens with two attached hydrogens (primary N) is 1. The van der Waals surface area contributed by atoms with Crippen LogP contribution in [0.3, 0.4) is 0 Å². The van der Waals surface area contributed by atoms with E-state index >= 15 is 0 Å². The average Bonchev–Trinajstić information content (AvgIpc) is 2.93. The number of carbonyl (C=O) groups excluding carboxylic acids is 2. The van der Waals surface area contributed by atoms with Crippen LogP contribution in [0.25, 0.3) is 0 Å². The summed E-state index contributed by atoms with van der Waals surface area (Å²) in [5.41, 5.74) is 8.24. The van der Waals surface area contributed by atoms with Gasteiger partial charge in [-0.2, -0.15) is 0 Å². The lowest BCUT2D eigenvalue weighted by Gasteiger charge is -2.13. The number of fused-ring (bicyclic) bond motifs is 1. The molecule has 0 fully saturated rings. The maximum Gasteiger partial charge on any atom is 0.405 e. The number of halogens is 1. The van der Waals surface area contributed by atoms with Gasteiger partial charge in [-0.15, -0.1) is 0 Å². The van der Waals surface area contributed by atoms with E-state index in [1.807, 2.05) is 6.07 Å². The average molecular weight is 328 g/mol. The fourth-order valence-corrected chi connectivity index (χ4v) is 3.01. The number of carbonyl (C=O) groups is 2. The predicted molar refractivity (Wildman–Crippen MR) is 87.3 cm³/mol. The van der Waals surface area contributed by atoms with E-state index in [4.69, 9.17) is 10.5 Å². The minimum atomic E-state index is -0.829. The summed E-state index contributed by atoms with van der Waals surface area (Å²) in [5, 5.41) is 2.77. The van der Waals surface area contributed by atoms with E-state index in [1.54, 1.807) is 25.1 Å². The van der Waals surface area contributed by atoms with Crippen molar-refractivity contribution in [2.75, 3.05) is 5.32 Å². The van der Waals surface area contributed by atoms with Crippen LogP contribution in [0.5, 0.6) is 0 Å². The summed E-state index contributed by atoms with van der Waals surface area (Å²) >= 11 is 0. The Kier molecular flexibility index (Phi) is 4.20. The van der Waals surface area contributed by atoms with Crippen molar-refractivity contribution in [3.8, 4) is 0 Å². The van der Waals surface area contributed by atoms with Crippen molar-refractivity contribution in [2.24, 2.45) is 5.73 Å². The smallest absolute Gasteiger partial charge is 0.405 e. The summed E-state index contributed by atoms with van der Waals surface area (Å²) in [7, 11) is 0. The summed E-state index contributed by atoms with van der Waals surface area (Å²) in [6.07, 6.45) is -0.0276. The second kappa shape index (κ2) is 6.31. The van der Waals surface area contributed by atoms with Gasteiger partial charge in [0.25, 0.3) is 5.91 Å². The van der Waals surface area contributed by atoms with Crippen molar-refractivity contribution in [3.63, 3.8) is 0 Å². The van der Waals surface area contributed by atoms with Gasteiger partial charge in [-0.05, 0) is 60.7 Å². The summed E-state index contributed by atoms with van der Waals surface area (Å²) in [6.45, 7) is 1.64. The molecule has 2 aromatic rings. The number of benzene rings is 2. The lowest BCUT2D eigenvalue weighted by atomic mass is 10.0. The molecule has 0 bridgehead atoms. The third kappa shape index (κ3) is 3.08. The Labute approximate surface area is 138 Å². The zero-order chi connectivity index (χ0) is 17.3. The van der Waals surface area contributed by atoms with Crippen LogP contribution >= 0.6 is 0 Å². The number of hydrogen-bond acceptors (Lipinski definition) is 3. The summed E-state index contributed by atoms with van der Waals surface area (Å²) in [5.74, 6) is -0.599. The number of ether oxygens (including phenoxy) is 1. The molecule has 0 aromatic heterocycles. The Morgan fingerprint density at radius 3 is 2.79 bits per heavy atom. The van der Waals surface area contributed by atoms with Gasteiger partial charge in [-0.1, -0.05) is 12.1 Å². The molecule has 2 amide bonds. The van der Waals surface area contributed by atoms with Crippen molar-refractivity contribution < 1.29 is 18.7 Å². The van der Waals surface area contributed by atoms with Crippen molar-refractivity contribution in [1.82, 2.24) is 0 Å². The fraction of sp³-hybridized carbons (Fsp3) is 0.222. The van der Waals surface area contributed by atoms with Crippen molar-refractivity contribution >= 4 is 17.7 Å². The minimum Gasteiger partial charge on any atom is -0.441 e. The molecule has 0 aliphatic heterocycles. The first kappa shape index (κ1) is 16.0. The molecular weight excluding hydrogens is 311 g/mol. The molecule has 0 radical (unpaired) electrons. The monoisotopic (exact) mass is 328 g/mol. The zero-order valence-electron chi connectivity index (χ0n) is 13.1. The molecule has 5 nitrogen and oxygen atoms in total. The Bertz CT molecular complexity index is 820. The van der Waals surface area contributed by atoms with E-state index in [9.17, 15) is 14.0 Å². The van der Waals surface area contributed by atoms with Crippen molar-refractivity contribution in [1.29, 1.82) is 0 Å². The fourth-order valence-electron chi connectivity index (χ4n) is 3.01. The predicted octanol–water partition coefficient (Wildman–Crippen LogP) is 3.47. The molecule has 1 atom stereocenters. The van der Waals surface area contributed by atoms with E-state index < -0.39 is 12.2 Å². The van der Waals surface area contributed by atoms with E-state index in [2.05, 4.69) is 5.32 Å². The van der Waals surface area contributed by atoms with Gasteiger partial charge >= 0.3 is 6.09 Å². The summed E-state index contributed by atoms with van der Waals surface area (Å²) < 4.78 is 18.4. The number of aryl methyl sites for hydroxylation is 1. The number of amides is 2. The van der Waals surface area contributed by atoms with Gasteiger partial charge in [0, 0.05) is 11.3 Å². The van der Waals surface area contributed by atoms with Crippen LogP contribution < -0.4 is 11.1 Å². The highest BCUT2D eigenvalue weighted by Gasteiger charge is 2.28. The van der Waals surface area contributed by atoms with Gasteiger partial charge in [0.05, 0.1) is 0 Å². The van der Waals surface area contributed by atoms with E-state index in [1.165, 1.54) is 12.1 Å². The van der Waals surface area contributed by atoms with Crippen LogP contribution in [0.1, 0.15) is 39.6 Å². The first-order chi connectivity index (χ1) is 11.5. The second-order valence-electron chi connectivity index (χ2n) is 5.76. The first-order valence-electron chi connectivity index (χ1n) is 7.61. The minimum absolute atomic E-state index is 0.280. The molecule has 0 spiro atoms. The molecule has 0 saturated carbocycles. The molecule has 0 unspecified atom stereocenters. The van der Waals surface area contributed by atoms with E-state index in [0.717, 1.165) is 11.1 Å². The molecule has 3 N–H and O–H groups in total. The molecule has 1 aliphatic carbocycles. The standard InChI is InChI=1S/C18H17FN2O3/c1-10-9-11(5-7-15(10)19)21-17(22)14-4-2-3-13-12(14)6-8-16(13)24-18(20)23/h2-5,7,9,16H,6,8H2,1H3,(H2,20,23)(H,21,22)/t16-/m0/s1. The Morgan fingerprint density at radius 1 is 1.29 bits per heavy atom. The molecule has 2 aromatic carbocycles. The topological polar surface area (TPSA) is 81.4 Å². The molecule has 1 aliphatic rings. The van der Waals surface area contributed by atoms with Gasteiger partial charge in [-0.25, -0.2) is 9.18 Å². The van der Waals surface area contributed by atoms with Gasteiger partial charge in [0.1, 0.15) is 11.9 Å². The molecule has 124 valence electrons. The summed E-state index contributed by atoms with van der Waals surface area (Å²) in [6, 6.07) is 9.70. The van der Waals surface area contributed by atoms with Crippen molar-refractivity contribution in [2.45, 2.75) is 25.9 Å². The molecule has 0 heterocycles. The van der Waals surface area contributed by atoms with Gasteiger partial charge in [0.2, 0.25) is 0 Å². The Morgan fingerprint density at radius 2 is 2.08 bits per heavy atom. The zero-order valence-corrected chi connectivity index (χ0v) is 13.1. The van der Waals surface area contributed by atoms with Crippen LogP contribution in [0.2, 0.25) is 0 Å². The highest BCUT2D eigenvalue weighted by atomic mass is 19.1. The molecule has 0 saturated heterocycles. The van der Waals surface area contributed by atoms with Crippen LogP contribution in [0.15, 0.2) is 36.4 Å². The third-order valence-electron chi connectivity index (χ3n) is 4.13. The Hall–Kier alpha value is -2.89. The maximum absolute atomic E-state index is 13.3. The quantitative estimate of drug-likeness (QED) is 0.905. The largest absolute Gasteiger partial charge is 0.441 e. The number of primary amides is 1. The van der Waals surface area contributed by atoms with Gasteiger partial charge in [-0.3, -0.25) is 4.79 Å². The highest BCUT2D eigenvalue weighted by molar-refractivity contribution is 6.05. The van der Waals surface area contributed by atoms with Crippen LogP contribution in [0, 0.1) is 12.7 Å². The highest BCUT2D eigenvalue weighted by Crippen LogP contribution is 2.36. The molecular formula is C18H17FN2O3. The van der Waals surface area contributed by atoms with Gasteiger partial charge < -0.3 is 15.8 Å². The second-order valence-corrected chi connectivity index (χ2v) is 5.76. The SMILES string of the molecule is Cc1cc(NC(=O)c2cccc3c2CC[C@@H]3OC(N)=O)ccc1F. The van der Waals surface area contributed by atoms with Crippen molar-refractivity contribution in [3.05, 3.63) is 64.5 Å². The Balaban J connectivity index is 1.85. The normalized spacial score (nSPS) is 15.7. The lowest BCUT2D eigenvalue weighted by Crippen LogP contribution is -2.16.